The summed E-state index contributed by atoms with van der Waals surface area (Å²) in [6, 6.07) is 0. The average Bonchev–Trinajstić information content (AvgIpc) is 3.22. The van der Waals surface area contributed by atoms with Crippen molar-refractivity contribution in [1.29, 1.82) is 0 Å². The van der Waals surface area contributed by atoms with Gasteiger partial charge in [0.25, 0.3) is 0 Å². The van der Waals surface area contributed by atoms with E-state index in [1.165, 1.54) is 43.4 Å². The Bertz CT molecular complexity index is 781. The normalized spacial score (nSPS) is 42.4. The molecule has 4 heteroatoms. The van der Waals surface area contributed by atoms with E-state index < -0.39 is 0 Å². The van der Waals surface area contributed by atoms with Crippen molar-refractivity contribution in [3.05, 3.63) is 23.0 Å². The van der Waals surface area contributed by atoms with E-state index in [0.717, 1.165) is 24.2 Å². The van der Waals surface area contributed by atoms with Crippen molar-refractivity contribution in [2.24, 2.45) is 35.5 Å². The van der Waals surface area contributed by atoms with Crippen LogP contribution >= 0.6 is 0 Å². The maximum atomic E-state index is 12.1. The van der Waals surface area contributed by atoms with Gasteiger partial charge in [0, 0.05) is 12.3 Å². The van der Waals surface area contributed by atoms with Gasteiger partial charge in [0.05, 0.1) is 11.9 Å². The summed E-state index contributed by atoms with van der Waals surface area (Å²) < 4.78 is 6.09. The van der Waals surface area contributed by atoms with Crippen LogP contribution in [0.25, 0.3) is 6.08 Å². The van der Waals surface area contributed by atoms with Gasteiger partial charge in [-0.3, -0.25) is 9.89 Å². The fourth-order valence-electron chi connectivity index (χ4n) is 7.18. The lowest BCUT2D eigenvalue weighted by molar-refractivity contribution is -0.169. The number of hydrogen-bond donors (Lipinski definition) is 1. The Morgan fingerprint density at radius 1 is 1.30 bits per heavy atom. The van der Waals surface area contributed by atoms with Crippen molar-refractivity contribution in [2.75, 3.05) is 0 Å². The molecule has 7 unspecified atom stereocenters. The van der Waals surface area contributed by atoms with Gasteiger partial charge in [-0.1, -0.05) is 19.4 Å². The molecule has 3 saturated carbocycles. The summed E-state index contributed by atoms with van der Waals surface area (Å²) in [6.45, 7) is 6.44. The van der Waals surface area contributed by atoms with E-state index in [1.54, 1.807) is 5.57 Å². The molecule has 1 N–H and O–H groups in total. The summed E-state index contributed by atoms with van der Waals surface area (Å²) in [6.07, 6.45) is 12.3. The van der Waals surface area contributed by atoms with E-state index in [-0.39, 0.29) is 11.6 Å². The first-order valence-corrected chi connectivity index (χ1v) is 11.0. The van der Waals surface area contributed by atoms with Crippen LogP contribution in [0, 0.1) is 35.5 Å². The van der Waals surface area contributed by atoms with Crippen LogP contribution in [0.5, 0.6) is 0 Å². The van der Waals surface area contributed by atoms with Crippen LogP contribution in [-0.2, 0) is 16.0 Å². The van der Waals surface area contributed by atoms with Crippen molar-refractivity contribution in [2.45, 2.75) is 71.3 Å². The molecule has 1 aromatic rings. The predicted molar refractivity (Wildman–Crippen MR) is 105 cm³/mol. The zero-order valence-corrected chi connectivity index (χ0v) is 16.8. The van der Waals surface area contributed by atoms with E-state index >= 15 is 0 Å². The number of nitrogens with zero attached hydrogens (tertiary/aromatic N) is 1. The Hall–Kier alpha value is -1.58. The maximum absolute atomic E-state index is 12.1. The topological polar surface area (TPSA) is 55.0 Å². The van der Waals surface area contributed by atoms with Gasteiger partial charge in [-0.2, -0.15) is 5.10 Å². The standard InChI is InChI=1S/C23H32N2O2/c1-4-22(26)27-23(3)13(2)9-19-17-6-5-14-11-21-15(12-24-25-21)10-18(14)16(17)7-8-20(19)23/h11-13,16-20H,4-10H2,1-3H3,(H,24,25). The van der Waals surface area contributed by atoms with Crippen LogP contribution < -0.4 is 0 Å². The summed E-state index contributed by atoms with van der Waals surface area (Å²) in [4.78, 5) is 12.1. The van der Waals surface area contributed by atoms with Crippen molar-refractivity contribution in [3.63, 3.8) is 0 Å². The molecule has 0 radical (unpaired) electrons. The van der Waals surface area contributed by atoms with Crippen molar-refractivity contribution in [3.8, 4) is 0 Å². The number of carbonyl (C=O) groups excluding carboxylic acids is 1. The number of esters is 1. The number of hydrogen-bond acceptors (Lipinski definition) is 3. The molecule has 4 aliphatic carbocycles. The first-order chi connectivity index (χ1) is 13.0. The average molecular weight is 369 g/mol. The molecular weight excluding hydrogens is 336 g/mol. The minimum Gasteiger partial charge on any atom is -0.459 e. The quantitative estimate of drug-likeness (QED) is 0.765. The maximum Gasteiger partial charge on any atom is 0.306 e. The van der Waals surface area contributed by atoms with Crippen LogP contribution in [0.2, 0.25) is 0 Å². The van der Waals surface area contributed by atoms with Gasteiger partial charge >= 0.3 is 5.97 Å². The Morgan fingerprint density at radius 2 is 2.15 bits per heavy atom. The van der Waals surface area contributed by atoms with E-state index in [4.69, 9.17) is 4.74 Å². The molecule has 4 aliphatic rings. The summed E-state index contributed by atoms with van der Waals surface area (Å²) in [5.74, 6) is 4.00. The number of ether oxygens (including phenoxy) is 1. The molecule has 5 rings (SSSR count). The fraction of sp³-hybridized carbons (Fsp3) is 0.739. The van der Waals surface area contributed by atoms with E-state index in [9.17, 15) is 4.79 Å². The van der Waals surface area contributed by atoms with Gasteiger partial charge in [0.1, 0.15) is 5.60 Å². The number of fused-ring (bicyclic) bond motifs is 6. The lowest BCUT2D eigenvalue weighted by Crippen LogP contribution is -2.47. The highest BCUT2D eigenvalue weighted by atomic mass is 16.6. The highest BCUT2D eigenvalue weighted by molar-refractivity contribution is 5.69. The van der Waals surface area contributed by atoms with Gasteiger partial charge in [0.15, 0.2) is 0 Å². The van der Waals surface area contributed by atoms with Crippen molar-refractivity contribution in [1.82, 2.24) is 10.2 Å². The third-order valence-electron chi connectivity index (χ3n) is 8.67. The Balaban J connectivity index is 1.40. The smallest absolute Gasteiger partial charge is 0.306 e. The highest BCUT2D eigenvalue weighted by Crippen LogP contribution is 2.61. The minimum absolute atomic E-state index is 0.0271. The molecule has 0 saturated heterocycles. The molecule has 27 heavy (non-hydrogen) atoms. The highest BCUT2D eigenvalue weighted by Gasteiger charge is 2.58. The second-order valence-electron chi connectivity index (χ2n) is 9.70. The van der Waals surface area contributed by atoms with Gasteiger partial charge in [-0.25, -0.2) is 0 Å². The van der Waals surface area contributed by atoms with Crippen LogP contribution in [0.1, 0.15) is 70.6 Å². The minimum atomic E-state index is -0.261. The summed E-state index contributed by atoms with van der Waals surface area (Å²) in [5.41, 5.74) is 4.02. The molecule has 146 valence electrons. The molecule has 0 spiro atoms. The van der Waals surface area contributed by atoms with Crippen molar-refractivity contribution >= 4 is 12.0 Å². The molecule has 3 fully saturated rings. The zero-order valence-electron chi connectivity index (χ0n) is 16.8. The van der Waals surface area contributed by atoms with Gasteiger partial charge < -0.3 is 4.74 Å². The molecule has 7 atom stereocenters. The Labute approximate surface area is 162 Å². The van der Waals surface area contributed by atoms with Gasteiger partial charge in [-0.15, -0.1) is 0 Å². The Morgan fingerprint density at radius 3 is 2.96 bits per heavy atom. The van der Waals surface area contributed by atoms with Crippen LogP contribution in [0.15, 0.2) is 11.8 Å². The predicted octanol–water partition coefficient (Wildman–Crippen LogP) is 4.77. The van der Waals surface area contributed by atoms with Gasteiger partial charge in [0.2, 0.25) is 0 Å². The van der Waals surface area contributed by atoms with Crippen LogP contribution in [0.3, 0.4) is 0 Å². The SMILES string of the molecule is CCC(=O)OC1(C)C(C)CC2C3CCC4=Cc5[nH]ncc5CC4C3CCC21. The molecular formula is C23H32N2O2. The first kappa shape index (κ1) is 17.5. The summed E-state index contributed by atoms with van der Waals surface area (Å²) >= 11 is 0. The number of allylic oxidation sites excluding steroid dienone is 1. The summed E-state index contributed by atoms with van der Waals surface area (Å²) in [5, 5.41) is 7.43. The second kappa shape index (κ2) is 6.22. The van der Waals surface area contributed by atoms with Crippen LogP contribution in [0.4, 0.5) is 0 Å². The summed E-state index contributed by atoms with van der Waals surface area (Å²) in [7, 11) is 0. The van der Waals surface area contributed by atoms with E-state index in [0.29, 0.717) is 24.2 Å². The molecule has 0 amide bonds. The number of aromatic amines is 1. The number of carbonyl (C=O) groups is 1. The van der Waals surface area contributed by atoms with E-state index in [1.807, 2.05) is 13.1 Å². The monoisotopic (exact) mass is 368 g/mol. The lowest BCUT2D eigenvalue weighted by atomic mass is 9.55. The molecule has 0 bridgehead atoms. The van der Waals surface area contributed by atoms with Crippen LogP contribution in [-0.4, -0.2) is 21.8 Å². The van der Waals surface area contributed by atoms with Crippen molar-refractivity contribution < 1.29 is 9.53 Å². The second-order valence-corrected chi connectivity index (χ2v) is 9.70. The molecule has 1 heterocycles. The molecule has 1 aromatic heterocycles. The number of aromatic nitrogens is 2. The third kappa shape index (κ3) is 2.55. The Kier molecular flexibility index (Phi) is 4.03. The molecule has 0 aliphatic heterocycles. The number of rotatable bonds is 2. The van der Waals surface area contributed by atoms with Gasteiger partial charge in [-0.05, 0) is 86.7 Å². The number of H-pyrrole nitrogens is 1. The molecule has 4 nitrogen and oxygen atoms in total. The zero-order chi connectivity index (χ0) is 18.8. The molecule has 0 aromatic carbocycles. The van der Waals surface area contributed by atoms with E-state index in [2.05, 4.69) is 30.1 Å². The fourth-order valence-corrected chi connectivity index (χ4v) is 7.18. The lowest BCUT2D eigenvalue weighted by Gasteiger charge is -2.50. The third-order valence-corrected chi connectivity index (χ3v) is 8.67. The number of nitrogens with one attached hydrogen (secondary N) is 1. The largest absolute Gasteiger partial charge is 0.459 e. The first-order valence-electron chi connectivity index (χ1n) is 11.0.